The van der Waals surface area contributed by atoms with E-state index in [-0.39, 0.29) is 17.9 Å². The molecule has 1 amide bonds. The van der Waals surface area contributed by atoms with Gasteiger partial charge in [0, 0.05) is 31.1 Å². The highest BCUT2D eigenvalue weighted by molar-refractivity contribution is 5.79. The van der Waals surface area contributed by atoms with Gasteiger partial charge in [-0.05, 0) is 24.8 Å². The molecule has 3 rings (SSSR count). The lowest BCUT2D eigenvalue weighted by Gasteiger charge is -2.35. The van der Waals surface area contributed by atoms with Crippen LogP contribution in [0.2, 0.25) is 0 Å². The molecule has 2 aliphatic rings. The summed E-state index contributed by atoms with van der Waals surface area (Å²) < 4.78 is 11.0. The normalized spacial score (nSPS) is 21.1. The minimum atomic E-state index is 0.111. The third kappa shape index (κ3) is 4.08. The first-order valence-electron chi connectivity index (χ1n) is 8.93. The molecule has 0 bridgehead atoms. The van der Waals surface area contributed by atoms with Crippen LogP contribution in [0, 0.1) is 11.8 Å². The maximum absolute atomic E-state index is 12.4. The molecule has 1 aliphatic carbocycles. The number of amides is 1. The quantitative estimate of drug-likeness (QED) is 0.832. The SMILES string of the molecule is COc1ccccc1C(CNC(=O)C(C)C1CC1)N1CCOCC1. The Kier molecular flexibility index (Phi) is 5.74. The fourth-order valence-corrected chi connectivity index (χ4v) is 3.44. The zero-order valence-electron chi connectivity index (χ0n) is 14.7. The van der Waals surface area contributed by atoms with Crippen molar-refractivity contribution in [2.45, 2.75) is 25.8 Å². The van der Waals surface area contributed by atoms with E-state index in [2.05, 4.69) is 16.3 Å². The fourth-order valence-electron chi connectivity index (χ4n) is 3.44. The molecule has 1 saturated carbocycles. The summed E-state index contributed by atoms with van der Waals surface area (Å²) in [6, 6.07) is 8.19. The molecule has 1 N–H and O–H groups in total. The van der Waals surface area contributed by atoms with E-state index in [1.165, 1.54) is 12.8 Å². The number of benzene rings is 1. The van der Waals surface area contributed by atoms with E-state index in [9.17, 15) is 4.79 Å². The van der Waals surface area contributed by atoms with Gasteiger partial charge in [-0.2, -0.15) is 0 Å². The summed E-state index contributed by atoms with van der Waals surface area (Å²) in [6.07, 6.45) is 2.38. The van der Waals surface area contributed by atoms with Gasteiger partial charge >= 0.3 is 0 Å². The number of morpholine rings is 1. The third-order valence-electron chi connectivity index (χ3n) is 5.20. The van der Waals surface area contributed by atoms with Crippen LogP contribution in [-0.2, 0) is 9.53 Å². The molecule has 1 heterocycles. The van der Waals surface area contributed by atoms with Crippen molar-refractivity contribution in [3.05, 3.63) is 29.8 Å². The van der Waals surface area contributed by atoms with Crippen LogP contribution in [0.15, 0.2) is 24.3 Å². The third-order valence-corrected chi connectivity index (χ3v) is 5.20. The molecule has 24 heavy (non-hydrogen) atoms. The molecule has 2 fully saturated rings. The van der Waals surface area contributed by atoms with Crippen molar-refractivity contribution in [2.75, 3.05) is 40.0 Å². The molecule has 132 valence electrons. The molecule has 0 spiro atoms. The topological polar surface area (TPSA) is 50.8 Å². The summed E-state index contributed by atoms with van der Waals surface area (Å²) in [5.41, 5.74) is 1.13. The van der Waals surface area contributed by atoms with E-state index in [0.717, 1.165) is 37.6 Å². The van der Waals surface area contributed by atoms with Crippen LogP contribution in [0.5, 0.6) is 5.75 Å². The van der Waals surface area contributed by atoms with Crippen LogP contribution < -0.4 is 10.1 Å². The van der Waals surface area contributed by atoms with Crippen molar-refractivity contribution in [2.24, 2.45) is 11.8 Å². The summed E-state index contributed by atoms with van der Waals surface area (Å²) >= 11 is 0. The predicted octanol–water partition coefficient (Wildman–Crippen LogP) is 2.23. The highest BCUT2D eigenvalue weighted by Crippen LogP contribution is 2.36. The van der Waals surface area contributed by atoms with Gasteiger partial charge in [0.05, 0.1) is 26.4 Å². The number of hydrogen-bond acceptors (Lipinski definition) is 4. The average molecular weight is 332 g/mol. The number of nitrogens with zero attached hydrogens (tertiary/aromatic N) is 1. The molecule has 2 atom stereocenters. The number of methoxy groups -OCH3 is 1. The standard InChI is InChI=1S/C19H28N2O3/c1-14(15-7-8-15)19(22)20-13-17(21-9-11-24-12-10-21)16-5-3-4-6-18(16)23-2/h3-6,14-15,17H,7-13H2,1-2H3,(H,20,22). The maximum Gasteiger partial charge on any atom is 0.223 e. The van der Waals surface area contributed by atoms with E-state index in [1.807, 2.05) is 25.1 Å². The summed E-state index contributed by atoms with van der Waals surface area (Å²) in [6.45, 7) is 5.86. The average Bonchev–Trinajstić information content (AvgIpc) is 3.47. The molecule has 1 aromatic carbocycles. The first-order valence-corrected chi connectivity index (χ1v) is 8.93. The Hall–Kier alpha value is -1.59. The van der Waals surface area contributed by atoms with Crippen molar-refractivity contribution in [3.8, 4) is 5.75 Å². The van der Waals surface area contributed by atoms with Crippen molar-refractivity contribution in [1.82, 2.24) is 10.2 Å². The zero-order valence-corrected chi connectivity index (χ0v) is 14.7. The van der Waals surface area contributed by atoms with E-state index in [4.69, 9.17) is 9.47 Å². The van der Waals surface area contributed by atoms with Crippen molar-refractivity contribution < 1.29 is 14.3 Å². The number of para-hydroxylation sites is 1. The van der Waals surface area contributed by atoms with Crippen molar-refractivity contribution >= 4 is 5.91 Å². The van der Waals surface area contributed by atoms with Gasteiger partial charge in [-0.15, -0.1) is 0 Å². The fraction of sp³-hybridized carbons (Fsp3) is 0.632. The molecule has 0 radical (unpaired) electrons. The first-order chi connectivity index (χ1) is 11.7. The van der Waals surface area contributed by atoms with Gasteiger partial charge < -0.3 is 14.8 Å². The smallest absolute Gasteiger partial charge is 0.223 e. The number of carbonyl (C=O) groups excluding carboxylic acids is 1. The molecule has 5 heteroatoms. The molecule has 1 aliphatic heterocycles. The van der Waals surface area contributed by atoms with Gasteiger partial charge in [-0.1, -0.05) is 25.1 Å². The van der Waals surface area contributed by atoms with Gasteiger partial charge in [0.15, 0.2) is 0 Å². The molecular formula is C19H28N2O3. The van der Waals surface area contributed by atoms with Gasteiger partial charge in [0.2, 0.25) is 5.91 Å². The Morgan fingerprint density at radius 3 is 2.71 bits per heavy atom. The monoisotopic (exact) mass is 332 g/mol. The number of hydrogen-bond donors (Lipinski definition) is 1. The van der Waals surface area contributed by atoms with Crippen molar-refractivity contribution in [3.63, 3.8) is 0 Å². The Morgan fingerprint density at radius 1 is 1.33 bits per heavy atom. The van der Waals surface area contributed by atoms with Crippen LogP contribution in [-0.4, -0.2) is 50.8 Å². The minimum absolute atomic E-state index is 0.111. The van der Waals surface area contributed by atoms with E-state index in [0.29, 0.717) is 12.5 Å². The van der Waals surface area contributed by atoms with Gasteiger partial charge in [0.25, 0.3) is 0 Å². The highest BCUT2D eigenvalue weighted by atomic mass is 16.5. The van der Waals surface area contributed by atoms with Crippen molar-refractivity contribution in [1.29, 1.82) is 0 Å². The molecule has 2 unspecified atom stereocenters. The number of ether oxygens (including phenoxy) is 2. The number of rotatable bonds is 7. The lowest BCUT2D eigenvalue weighted by molar-refractivity contribution is -0.125. The van der Waals surface area contributed by atoms with Crippen LogP contribution in [0.4, 0.5) is 0 Å². The van der Waals surface area contributed by atoms with E-state index < -0.39 is 0 Å². The molecule has 1 saturated heterocycles. The van der Waals surface area contributed by atoms with Gasteiger partial charge in [-0.25, -0.2) is 0 Å². The number of nitrogens with one attached hydrogen (secondary N) is 1. The maximum atomic E-state index is 12.4. The zero-order chi connectivity index (χ0) is 16.9. The Bertz CT molecular complexity index is 553. The molecular weight excluding hydrogens is 304 g/mol. The summed E-state index contributed by atoms with van der Waals surface area (Å²) in [5, 5.41) is 3.17. The second-order valence-electron chi connectivity index (χ2n) is 6.78. The second kappa shape index (κ2) is 7.99. The Morgan fingerprint density at radius 2 is 2.04 bits per heavy atom. The van der Waals surface area contributed by atoms with Gasteiger partial charge in [0.1, 0.15) is 5.75 Å². The van der Waals surface area contributed by atoms with Crippen LogP contribution in [0.3, 0.4) is 0 Å². The summed E-state index contributed by atoms with van der Waals surface area (Å²) in [5.74, 6) is 1.75. The van der Waals surface area contributed by atoms with Gasteiger partial charge in [-0.3, -0.25) is 9.69 Å². The van der Waals surface area contributed by atoms with Crippen LogP contribution in [0.25, 0.3) is 0 Å². The Labute approximate surface area is 144 Å². The molecule has 1 aromatic rings. The molecule has 5 nitrogen and oxygen atoms in total. The van der Waals surface area contributed by atoms with Crippen LogP contribution in [0.1, 0.15) is 31.4 Å². The number of carbonyl (C=O) groups is 1. The van der Waals surface area contributed by atoms with E-state index >= 15 is 0 Å². The van der Waals surface area contributed by atoms with E-state index in [1.54, 1.807) is 7.11 Å². The highest BCUT2D eigenvalue weighted by Gasteiger charge is 2.33. The summed E-state index contributed by atoms with van der Waals surface area (Å²) in [7, 11) is 1.70. The largest absolute Gasteiger partial charge is 0.496 e. The second-order valence-corrected chi connectivity index (χ2v) is 6.78. The minimum Gasteiger partial charge on any atom is -0.496 e. The Balaban J connectivity index is 1.72. The predicted molar refractivity (Wildman–Crippen MR) is 93.0 cm³/mol. The lowest BCUT2D eigenvalue weighted by atomic mass is 10.0. The summed E-state index contributed by atoms with van der Waals surface area (Å²) in [4.78, 5) is 14.8. The van der Waals surface area contributed by atoms with Crippen LogP contribution >= 0.6 is 0 Å². The lowest BCUT2D eigenvalue weighted by Crippen LogP contribution is -2.44. The molecule has 0 aromatic heterocycles. The first kappa shape index (κ1) is 17.2.